The summed E-state index contributed by atoms with van der Waals surface area (Å²) in [6.45, 7) is 0. The van der Waals surface area contributed by atoms with Crippen LogP contribution < -0.4 is 10.2 Å². The fraction of sp³-hybridized carbons (Fsp3) is 0.167. The van der Waals surface area contributed by atoms with E-state index in [4.69, 9.17) is 34.8 Å². The molecule has 9 heteroatoms. The number of imide groups is 1. The predicted octanol–water partition coefficient (Wildman–Crippen LogP) is 4.65. The Bertz CT molecular complexity index is 905. The minimum atomic E-state index is -0.639. The number of anilines is 2. The van der Waals surface area contributed by atoms with Crippen LogP contribution in [0.25, 0.3) is 0 Å². The van der Waals surface area contributed by atoms with Crippen LogP contribution in [0.15, 0.2) is 42.5 Å². The van der Waals surface area contributed by atoms with E-state index in [2.05, 4.69) is 5.32 Å². The molecule has 3 amide bonds. The van der Waals surface area contributed by atoms with Crippen LogP contribution in [0.3, 0.4) is 0 Å². The summed E-state index contributed by atoms with van der Waals surface area (Å²) in [5.74, 6) is -0.993. The molecule has 0 bridgehead atoms. The highest BCUT2D eigenvalue weighted by Crippen LogP contribution is 2.35. The molecule has 0 aliphatic carbocycles. The van der Waals surface area contributed by atoms with Gasteiger partial charge in [0, 0.05) is 22.2 Å². The second kappa shape index (κ2) is 8.52. The lowest BCUT2D eigenvalue weighted by Gasteiger charge is -2.16. The molecule has 1 fully saturated rings. The zero-order valence-electron chi connectivity index (χ0n) is 13.7. The first-order valence-corrected chi connectivity index (χ1v) is 10.0. The molecule has 1 N–H and O–H groups in total. The zero-order chi connectivity index (χ0) is 19.6. The molecule has 0 spiro atoms. The SMILES string of the molecule is O=C(CSC1CC(=O)N(c2ccc(Cl)cc2Cl)C1=O)Nc1ccc(Cl)cc1. The Kier molecular flexibility index (Phi) is 6.32. The number of amides is 3. The summed E-state index contributed by atoms with van der Waals surface area (Å²) in [6, 6.07) is 11.2. The average Bonchev–Trinajstić information content (AvgIpc) is 2.89. The van der Waals surface area contributed by atoms with Gasteiger partial charge in [0.25, 0.3) is 0 Å². The second-order valence-electron chi connectivity index (χ2n) is 5.72. The molecule has 1 saturated heterocycles. The van der Waals surface area contributed by atoms with Crippen LogP contribution in [-0.4, -0.2) is 28.7 Å². The number of halogens is 3. The van der Waals surface area contributed by atoms with E-state index in [1.165, 1.54) is 12.1 Å². The van der Waals surface area contributed by atoms with Gasteiger partial charge in [-0.15, -0.1) is 11.8 Å². The lowest BCUT2D eigenvalue weighted by molar-refractivity contribution is -0.121. The van der Waals surface area contributed by atoms with Gasteiger partial charge in [-0.2, -0.15) is 0 Å². The van der Waals surface area contributed by atoms with Crippen molar-refractivity contribution in [2.75, 3.05) is 16.0 Å². The van der Waals surface area contributed by atoms with Gasteiger partial charge in [-0.3, -0.25) is 14.4 Å². The maximum atomic E-state index is 12.6. The second-order valence-corrected chi connectivity index (χ2v) is 8.19. The number of nitrogens with zero attached hydrogens (tertiary/aromatic N) is 1. The summed E-state index contributed by atoms with van der Waals surface area (Å²) in [6.07, 6.45) is 0.0106. The molecule has 1 aliphatic heterocycles. The topological polar surface area (TPSA) is 66.5 Å². The van der Waals surface area contributed by atoms with Gasteiger partial charge < -0.3 is 5.32 Å². The van der Waals surface area contributed by atoms with Crippen molar-refractivity contribution in [3.8, 4) is 0 Å². The Labute approximate surface area is 174 Å². The van der Waals surface area contributed by atoms with E-state index in [0.717, 1.165) is 16.7 Å². The first-order chi connectivity index (χ1) is 12.8. The van der Waals surface area contributed by atoms with E-state index < -0.39 is 11.2 Å². The third-order valence-electron chi connectivity index (χ3n) is 3.80. The summed E-state index contributed by atoms with van der Waals surface area (Å²) in [5.41, 5.74) is 0.901. The van der Waals surface area contributed by atoms with Gasteiger partial charge in [-0.05, 0) is 42.5 Å². The molecule has 1 heterocycles. The van der Waals surface area contributed by atoms with Crippen LogP contribution in [-0.2, 0) is 14.4 Å². The molecular weight excluding hydrogens is 431 g/mol. The number of carbonyl (C=O) groups is 3. The van der Waals surface area contributed by atoms with Gasteiger partial charge in [-0.25, -0.2) is 4.90 Å². The minimum absolute atomic E-state index is 0.0106. The average molecular weight is 444 g/mol. The maximum absolute atomic E-state index is 12.6. The molecule has 0 aromatic heterocycles. The maximum Gasteiger partial charge on any atom is 0.247 e. The summed E-state index contributed by atoms with van der Waals surface area (Å²) in [5, 5.41) is 3.27. The van der Waals surface area contributed by atoms with E-state index in [9.17, 15) is 14.4 Å². The Morgan fingerprint density at radius 3 is 2.41 bits per heavy atom. The highest BCUT2D eigenvalue weighted by atomic mass is 35.5. The number of nitrogens with one attached hydrogen (secondary N) is 1. The number of hydrogen-bond donors (Lipinski definition) is 1. The van der Waals surface area contributed by atoms with Crippen molar-refractivity contribution in [1.82, 2.24) is 0 Å². The van der Waals surface area contributed by atoms with Crippen LogP contribution in [0.4, 0.5) is 11.4 Å². The van der Waals surface area contributed by atoms with Crippen molar-refractivity contribution in [3.05, 3.63) is 57.5 Å². The number of thioether (sulfide) groups is 1. The number of hydrogen-bond acceptors (Lipinski definition) is 4. The summed E-state index contributed by atoms with van der Waals surface area (Å²) in [7, 11) is 0. The number of benzene rings is 2. The summed E-state index contributed by atoms with van der Waals surface area (Å²) >= 11 is 18.9. The van der Waals surface area contributed by atoms with Gasteiger partial charge in [0.2, 0.25) is 17.7 Å². The normalized spacial score (nSPS) is 16.7. The molecule has 2 aromatic carbocycles. The van der Waals surface area contributed by atoms with E-state index in [1.54, 1.807) is 30.3 Å². The molecule has 0 radical (unpaired) electrons. The predicted molar refractivity (Wildman–Crippen MR) is 110 cm³/mol. The van der Waals surface area contributed by atoms with Crippen LogP contribution in [0.2, 0.25) is 15.1 Å². The van der Waals surface area contributed by atoms with Crippen LogP contribution >= 0.6 is 46.6 Å². The molecule has 2 aromatic rings. The molecule has 1 aliphatic rings. The number of rotatable bonds is 5. The molecule has 3 rings (SSSR count). The van der Waals surface area contributed by atoms with Crippen LogP contribution in [0, 0.1) is 0 Å². The van der Waals surface area contributed by atoms with Gasteiger partial charge in [-0.1, -0.05) is 34.8 Å². The van der Waals surface area contributed by atoms with E-state index in [1.807, 2.05) is 0 Å². The Hall–Kier alpha value is -1.73. The zero-order valence-corrected chi connectivity index (χ0v) is 16.8. The fourth-order valence-electron chi connectivity index (χ4n) is 2.56. The van der Waals surface area contributed by atoms with E-state index >= 15 is 0 Å². The van der Waals surface area contributed by atoms with Crippen molar-refractivity contribution in [3.63, 3.8) is 0 Å². The minimum Gasteiger partial charge on any atom is -0.325 e. The van der Waals surface area contributed by atoms with Crippen LogP contribution in [0.5, 0.6) is 0 Å². The Morgan fingerprint density at radius 2 is 1.74 bits per heavy atom. The van der Waals surface area contributed by atoms with Gasteiger partial charge in [0.05, 0.1) is 21.7 Å². The van der Waals surface area contributed by atoms with E-state index in [0.29, 0.717) is 21.4 Å². The Balaban J connectivity index is 1.61. The fourth-order valence-corrected chi connectivity index (χ4v) is 4.11. The van der Waals surface area contributed by atoms with Crippen molar-refractivity contribution in [1.29, 1.82) is 0 Å². The third kappa shape index (κ3) is 4.76. The third-order valence-corrected chi connectivity index (χ3v) is 5.79. The highest BCUT2D eigenvalue weighted by Gasteiger charge is 2.40. The van der Waals surface area contributed by atoms with Crippen molar-refractivity contribution < 1.29 is 14.4 Å². The quantitative estimate of drug-likeness (QED) is 0.683. The van der Waals surface area contributed by atoms with E-state index in [-0.39, 0.29) is 29.0 Å². The summed E-state index contributed by atoms with van der Waals surface area (Å²) in [4.78, 5) is 38.0. The highest BCUT2D eigenvalue weighted by molar-refractivity contribution is 8.01. The molecule has 0 saturated carbocycles. The monoisotopic (exact) mass is 442 g/mol. The number of carbonyl (C=O) groups excluding carboxylic acids is 3. The van der Waals surface area contributed by atoms with Crippen molar-refractivity contribution >= 4 is 75.7 Å². The molecule has 27 heavy (non-hydrogen) atoms. The molecule has 1 unspecified atom stereocenters. The largest absolute Gasteiger partial charge is 0.325 e. The molecule has 140 valence electrons. The smallest absolute Gasteiger partial charge is 0.247 e. The van der Waals surface area contributed by atoms with Crippen LogP contribution in [0.1, 0.15) is 6.42 Å². The van der Waals surface area contributed by atoms with Gasteiger partial charge >= 0.3 is 0 Å². The molecular formula is C18H13Cl3N2O3S. The lowest BCUT2D eigenvalue weighted by Crippen LogP contribution is -2.31. The standard InChI is InChI=1S/C18H13Cl3N2O3S/c19-10-1-4-12(5-2-10)22-16(24)9-27-15-8-17(25)23(18(15)26)14-6-3-11(20)7-13(14)21/h1-7,15H,8-9H2,(H,22,24). The van der Waals surface area contributed by atoms with Gasteiger partial charge in [0.1, 0.15) is 0 Å². The van der Waals surface area contributed by atoms with Gasteiger partial charge in [0.15, 0.2) is 0 Å². The lowest BCUT2D eigenvalue weighted by atomic mass is 10.3. The molecule has 1 atom stereocenters. The Morgan fingerprint density at radius 1 is 1.07 bits per heavy atom. The first-order valence-electron chi connectivity index (χ1n) is 7.84. The summed E-state index contributed by atoms with van der Waals surface area (Å²) < 4.78 is 0. The first kappa shape index (κ1) is 20.0. The van der Waals surface area contributed by atoms with Crippen molar-refractivity contribution in [2.45, 2.75) is 11.7 Å². The van der Waals surface area contributed by atoms with Crippen molar-refractivity contribution in [2.24, 2.45) is 0 Å². The molecule has 5 nitrogen and oxygen atoms in total.